The molecule has 1 fully saturated rings. The van der Waals surface area contributed by atoms with E-state index in [4.69, 9.17) is 31.0 Å². The van der Waals surface area contributed by atoms with Gasteiger partial charge in [-0.3, -0.25) is 0 Å². The number of hydrogen-bond donors (Lipinski definition) is 0. The molecule has 2 heterocycles. The summed E-state index contributed by atoms with van der Waals surface area (Å²) in [6.45, 7) is 3.56. The van der Waals surface area contributed by atoms with Gasteiger partial charge in [0.1, 0.15) is 5.82 Å². The number of hydrogen-bond acceptors (Lipinski definition) is 6. The van der Waals surface area contributed by atoms with Crippen LogP contribution in [0.5, 0.6) is 11.5 Å². The van der Waals surface area contributed by atoms with Crippen LogP contribution in [0.2, 0.25) is 5.02 Å². The zero-order valence-electron chi connectivity index (χ0n) is 18.7. The van der Waals surface area contributed by atoms with Gasteiger partial charge < -0.3 is 19.3 Å². The molecule has 0 bridgehead atoms. The van der Waals surface area contributed by atoms with Crippen molar-refractivity contribution in [1.82, 2.24) is 9.97 Å². The molecule has 3 aromatic carbocycles. The lowest BCUT2D eigenvalue weighted by molar-refractivity contribution is 0.355. The third-order valence-corrected chi connectivity index (χ3v) is 6.25. The van der Waals surface area contributed by atoms with Gasteiger partial charge in [-0.15, -0.1) is 0 Å². The first-order chi connectivity index (χ1) is 16.2. The van der Waals surface area contributed by atoms with Gasteiger partial charge in [-0.2, -0.15) is 0 Å². The van der Waals surface area contributed by atoms with Crippen LogP contribution in [-0.2, 0) is 0 Å². The maximum atomic E-state index is 6.05. The van der Waals surface area contributed by atoms with Crippen molar-refractivity contribution >= 4 is 34.0 Å². The number of rotatable bonds is 5. The van der Waals surface area contributed by atoms with E-state index in [0.717, 1.165) is 53.5 Å². The number of ether oxygens (including phenoxy) is 2. The Bertz CT molecular complexity index is 1270. The van der Waals surface area contributed by atoms with E-state index in [1.54, 1.807) is 14.2 Å². The SMILES string of the molecule is COc1ccc(-c2nc(N3CCN(c4ccc(Cl)cc4)CC3)c3ccccc3n2)cc1OC. The molecule has 0 unspecified atom stereocenters. The van der Waals surface area contributed by atoms with Crippen LogP contribution in [0.3, 0.4) is 0 Å². The standard InChI is InChI=1S/C26H25ClN4O2/c1-32-23-12-7-18(17-24(23)33-2)25-28-22-6-4-3-5-21(22)26(29-25)31-15-13-30(14-16-31)20-10-8-19(27)9-11-20/h3-12,17H,13-16H2,1-2H3. The Labute approximate surface area is 198 Å². The second-order valence-corrected chi connectivity index (χ2v) is 8.34. The van der Waals surface area contributed by atoms with Gasteiger partial charge >= 0.3 is 0 Å². The highest BCUT2D eigenvalue weighted by Crippen LogP contribution is 2.34. The Morgan fingerprint density at radius 2 is 1.45 bits per heavy atom. The molecule has 6 nitrogen and oxygen atoms in total. The Morgan fingerprint density at radius 3 is 2.18 bits per heavy atom. The number of piperazine rings is 1. The first kappa shape index (κ1) is 21.3. The second-order valence-electron chi connectivity index (χ2n) is 7.91. The first-order valence-corrected chi connectivity index (χ1v) is 11.3. The molecule has 0 aliphatic carbocycles. The van der Waals surface area contributed by atoms with E-state index in [-0.39, 0.29) is 0 Å². The van der Waals surface area contributed by atoms with Crippen LogP contribution in [0.1, 0.15) is 0 Å². The summed E-state index contributed by atoms with van der Waals surface area (Å²) in [7, 11) is 3.26. The molecule has 0 spiro atoms. The van der Waals surface area contributed by atoms with E-state index < -0.39 is 0 Å². The number of aromatic nitrogens is 2. The molecular formula is C26H25ClN4O2. The molecule has 0 atom stereocenters. The van der Waals surface area contributed by atoms with Crippen LogP contribution in [0.25, 0.3) is 22.3 Å². The lowest BCUT2D eigenvalue weighted by atomic mass is 10.1. The predicted octanol–water partition coefficient (Wildman–Crippen LogP) is 5.29. The van der Waals surface area contributed by atoms with Gasteiger partial charge in [-0.25, -0.2) is 9.97 Å². The van der Waals surface area contributed by atoms with Gasteiger partial charge in [0, 0.05) is 47.8 Å². The maximum absolute atomic E-state index is 6.05. The average Bonchev–Trinajstić information content (AvgIpc) is 2.88. The Hall–Kier alpha value is -3.51. The summed E-state index contributed by atoms with van der Waals surface area (Å²) in [4.78, 5) is 14.6. The van der Waals surface area contributed by atoms with Crippen molar-refractivity contribution in [2.45, 2.75) is 0 Å². The van der Waals surface area contributed by atoms with Crippen molar-refractivity contribution < 1.29 is 9.47 Å². The smallest absolute Gasteiger partial charge is 0.162 e. The summed E-state index contributed by atoms with van der Waals surface area (Å²) >= 11 is 6.05. The molecule has 1 aliphatic heterocycles. The number of methoxy groups -OCH3 is 2. The largest absolute Gasteiger partial charge is 0.493 e. The summed E-state index contributed by atoms with van der Waals surface area (Å²) in [5.74, 6) is 2.97. The van der Waals surface area contributed by atoms with E-state index in [1.165, 1.54) is 5.69 Å². The molecule has 1 aliphatic rings. The van der Waals surface area contributed by atoms with Crippen LogP contribution < -0.4 is 19.3 Å². The number of benzene rings is 3. The molecule has 1 saturated heterocycles. The summed E-state index contributed by atoms with van der Waals surface area (Å²) in [6.07, 6.45) is 0. The predicted molar refractivity (Wildman–Crippen MR) is 134 cm³/mol. The number of fused-ring (bicyclic) bond motifs is 1. The van der Waals surface area contributed by atoms with Crippen LogP contribution in [0.4, 0.5) is 11.5 Å². The second kappa shape index (κ2) is 9.16. The van der Waals surface area contributed by atoms with Crippen molar-refractivity contribution in [2.75, 3.05) is 50.2 Å². The van der Waals surface area contributed by atoms with Gasteiger partial charge in [0.25, 0.3) is 0 Å². The van der Waals surface area contributed by atoms with Crippen molar-refractivity contribution in [3.8, 4) is 22.9 Å². The number of para-hydroxylation sites is 1. The van der Waals surface area contributed by atoms with Crippen molar-refractivity contribution in [3.63, 3.8) is 0 Å². The Kier molecular flexibility index (Phi) is 5.92. The highest BCUT2D eigenvalue weighted by atomic mass is 35.5. The zero-order valence-corrected chi connectivity index (χ0v) is 19.4. The number of anilines is 2. The normalized spacial score (nSPS) is 13.9. The summed E-state index contributed by atoms with van der Waals surface area (Å²) in [6, 6.07) is 22.0. The molecule has 0 N–H and O–H groups in total. The minimum atomic E-state index is 0.657. The lowest BCUT2D eigenvalue weighted by Crippen LogP contribution is -2.47. The molecule has 7 heteroatoms. The lowest BCUT2D eigenvalue weighted by Gasteiger charge is -2.37. The minimum absolute atomic E-state index is 0.657. The van der Waals surface area contributed by atoms with E-state index in [0.29, 0.717) is 17.3 Å². The molecule has 4 aromatic rings. The summed E-state index contributed by atoms with van der Waals surface area (Å²) in [5.41, 5.74) is 3.00. The van der Waals surface area contributed by atoms with Crippen LogP contribution in [-0.4, -0.2) is 50.4 Å². The fourth-order valence-corrected chi connectivity index (χ4v) is 4.36. The van der Waals surface area contributed by atoms with Gasteiger partial charge in [0.2, 0.25) is 0 Å². The van der Waals surface area contributed by atoms with Gasteiger partial charge in [0.15, 0.2) is 17.3 Å². The van der Waals surface area contributed by atoms with Crippen LogP contribution in [0, 0.1) is 0 Å². The molecule has 5 rings (SSSR count). The Balaban J connectivity index is 1.48. The van der Waals surface area contributed by atoms with Gasteiger partial charge in [-0.05, 0) is 54.6 Å². The average molecular weight is 461 g/mol. The molecule has 33 heavy (non-hydrogen) atoms. The summed E-state index contributed by atoms with van der Waals surface area (Å²) < 4.78 is 10.9. The van der Waals surface area contributed by atoms with Gasteiger partial charge in [-0.1, -0.05) is 23.7 Å². The highest BCUT2D eigenvalue weighted by molar-refractivity contribution is 6.30. The van der Waals surface area contributed by atoms with E-state index in [1.807, 2.05) is 48.5 Å². The van der Waals surface area contributed by atoms with Gasteiger partial charge in [0.05, 0.1) is 19.7 Å². The minimum Gasteiger partial charge on any atom is -0.493 e. The van der Waals surface area contributed by atoms with Crippen LogP contribution >= 0.6 is 11.6 Å². The highest BCUT2D eigenvalue weighted by Gasteiger charge is 2.22. The molecule has 1 aromatic heterocycles. The van der Waals surface area contributed by atoms with Crippen LogP contribution in [0.15, 0.2) is 66.7 Å². The number of halogens is 1. The third-order valence-electron chi connectivity index (χ3n) is 6.00. The topological polar surface area (TPSA) is 50.7 Å². The molecule has 168 valence electrons. The third kappa shape index (κ3) is 4.26. The fraction of sp³-hybridized carbons (Fsp3) is 0.231. The molecule has 0 amide bonds. The van der Waals surface area contributed by atoms with E-state index in [9.17, 15) is 0 Å². The van der Waals surface area contributed by atoms with E-state index in [2.05, 4.69) is 28.0 Å². The molecule has 0 saturated carbocycles. The van der Waals surface area contributed by atoms with Crippen molar-refractivity contribution in [2.24, 2.45) is 0 Å². The monoisotopic (exact) mass is 460 g/mol. The van der Waals surface area contributed by atoms with E-state index >= 15 is 0 Å². The molecule has 0 radical (unpaired) electrons. The Morgan fingerprint density at radius 1 is 0.758 bits per heavy atom. The fourth-order valence-electron chi connectivity index (χ4n) is 4.23. The quantitative estimate of drug-likeness (QED) is 0.403. The van der Waals surface area contributed by atoms with Crippen molar-refractivity contribution in [3.05, 3.63) is 71.8 Å². The first-order valence-electron chi connectivity index (χ1n) is 10.9. The summed E-state index contributed by atoms with van der Waals surface area (Å²) in [5, 5.41) is 1.81. The van der Waals surface area contributed by atoms with Crippen molar-refractivity contribution in [1.29, 1.82) is 0 Å². The number of nitrogens with zero attached hydrogens (tertiary/aromatic N) is 4. The zero-order chi connectivity index (χ0) is 22.8. The molecular weight excluding hydrogens is 436 g/mol. The maximum Gasteiger partial charge on any atom is 0.162 e.